The summed E-state index contributed by atoms with van der Waals surface area (Å²) in [5, 5.41) is 36.8. The van der Waals surface area contributed by atoms with E-state index in [4.69, 9.17) is 29.2 Å². The van der Waals surface area contributed by atoms with Crippen LogP contribution in [0.25, 0.3) is 21.7 Å². The lowest BCUT2D eigenvalue weighted by Gasteiger charge is -2.48. The number of benzene rings is 2. The number of nitrogen functional groups attached to an aromatic ring is 1. The molecule has 0 radical (unpaired) electrons. The molecule has 10 rings (SSSR count). The molecule has 5 fully saturated rings. The zero-order valence-corrected chi connectivity index (χ0v) is 45.4. The number of aromatic nitrogens is 4. The largest absolute Gasteiger partial charge is 0.507 e. The van der Waals surface area contributed by atoms with Gasteiger partial charge in [0.25, 0.3) is 5.88 Å². The second-order valence-electron chi connectivity index (χ2n) is 21.7. The van der Waals surface area contributed by atoms with Gasteiger partial charge in [0.15, 0.2) is 11.6 Å². The Morgan fingerprint density at radius 3 is 2.26 bits per heavy atom. The summed E-state index contributed by atoms with van der Waals surface area (Å²) in [6.45, 7) is 18.0. The number of ether oxygens (including phenoxy) is 4. The first kappa shape index (κ1) is 54.6. The SMILES string of the molecule is CC(C)C(C(=O)N1C[C@H](O)C[C@H]1C(=O)N[C@@H](C)c1ccc(-c2cncs2)cc1)c1cc(OCCN2CCN(CCOC3CC(OCCN4CCOC5(CCN(c6cc(-c7ccccc7O)nnc6N)CC5)C4)C3)CC2)no1. The molecule has 2 aromatic carbocycles. The smallest absolute Gasteiger partial charge is 0.254 e. The topological polar surface area (TPSA) is 230 Å². The number of thiazole rings is 1. The number of morpholine rings is 1. The fourth-order valence-corrected chi connectivity index (χ4v) is 12.1. The first-order valence-corrected chi connectivity index (χ1v) is 28.3. The average molecular weight is 1080 g/mol. The van der Waals surface area contributed by atoms with Gasteiger partial charge in [0.1, 0.15) is 24.3 Å². The van der Waals surface area contributed by atoms with Crippen LogP contribution in [-0.2, 0) is 23.8 Å². The Hall–Kier alpha value is -5.78. The van der Waals surface area contributed by atoms with Gasteiger partial charge < -0.3 is 54.5 Å². The molecule has 5 aromatic rings. The lowest BCUT2D eigenvalue weighted by Crippen LogP contribution is -2.57. The van der Waals surface area contributed by atoms with Crippen molar-refractivity contribution < 1.29 is 43.3 Å². The quantitative estimate of drug-likeness (QED) is 0.0753. The fourth-order valence-electron chi connectivity index (χ4n) is 11.4. The molecule has 1 saturated carbocycles. The standard InChI is InChI=1S/C56H75N11O9S/c1-37(2)52(55(71)67-34-41(68)28-47(67)54(70)59-38(3)39-8-10-40(11-9-39)50-33-58-36-77-50)49-32-51(62-76-49)74-26-21-64-18-16-63(17-19-64)20-24-72-42-29-43(30-42)73-25-22-65-23-27-75-56(35-65)12-14-66(15-13-56)46-31-45(60-61-53(46)57)44-6-4-5-7-48(44)69/h4-11,31-33,36-38,41-43,47,52,68-69H,12-30,34-35H2,1-3H3,(H2,57,61)(H,59,70)/t38-,41+,42?,43?,47-,52?/m0/s1. The lowest BCUT2D eigenvalue weighted by molar-refractivity contribution is -0.141. The Labute approximate surface area is 454 Å². The van der Waals surface area contributed by atoms with Gasteiger partial charge in [-0.2, -0.15) is 0 Å². The van der Waals surface area contributed by atoms with E-state index in [1.165, 1.54) is 4.90 Å². The van der Waals surface area contributed by atoms with E-state index in [1.807, 2.05) is 69.4 Å². The van der Waals surface area contributed by atoms with Gasteiger partial charge in [0, 0.05) is 103 Å². The number of nitrogens with one attached hydrogen (secondary N) is 1. The molecular weight excluding hydrogens is 1000 g/mol. The molecular formula is C56H75N11O9S. The first-order valence-electron chi connectivity index (χ1n) is 27.4. The van der Waals surface area contributed by atoms with Crippen molar-refractivity contribution in [3.05, 3.63) is 83.7 Å². The minimum atomic E-state index is -0.820. The highest BCUT2D eigenvalue weighted by Gasteiger charge is 2.44. The summed E-state index contributed by atoms with van der Waals surface area (Å²) in [6.07, 6.45) is 5.29. The van der Waals surface area contributed by atoms with E-state index in [0.29, 0.717) is 55.1 Å². The zero-order valence-electron chi connectivity index (χ0n) is 44.6. The molecule has 20 nitrogen and oxygen atoms in total. The van der Waals surface area contributed by atoms with Crippen LogP contribution >= 0.6 is 11.3 Å². The fraction of sp³-hybridized carbons (Fsp3) is 0.571. The van der Waals surface area contributed by atoms with Crippen molar-refractivity contribution in [2.24, 2.45) is 5.92 Å². The summed E-state index contributed by atoms with van der Waals surface area (Å²) in [6, 6.07) is 17.6. The maximum Gasteiger partial charge on any atom is 0.254 e. The third-order valence-corrected chi connectivity index (χ3v) is 16.9. The van der Waals surface area contributed by atoms with Crippen LogP contribution in [0, 0.1) is 5.92 Å². The Kier molecular flexibility index (Phi) is 17.7. The molecule has 21 heteroatoms. The van der Waals surface area contributed by atoms with Crippen LogP contribution in [0.3, 0.4) is 0 Å². The number of β-amino-alcohol motifs (C(OH)–C–C–N with tert-alkyl or cyclic N) is 1. The van der Waals surface area contributed by atoms with E-state index in [9.17, 15) is 19.8 Å². The number of piperidine rings is 1. The maximum absolute atomic E-state index is 14.2. The van der Waals surface area contributed by atoms with Crippen molar-refractivity contribution in [2.75, 3.05) is 116 Å². The highest BCUT2D eigenvalue weighted by Crippen LogP contribution is 2.37. The van der Waals surface area contributed by atoms with Gasteiger partial charge in [0.2, 0.25) is 11.8 Å². The molecule has 1 aliphatic carbocycles. The average Bonchev–Trinajstić information content (AvgIpc) is 4.22. The van der Waals surface area contributed by atoms with Crippen LogP contribution in [0.15, 0.2) is 76.9 Å². The van der Waals surface area contributed by atoms with Crippen LogP contribution < -0.4 is 20.7 Å². The molecule has 4 atom stereocenters. The summed E-state index contributed by atoms with van der Waals surface area (Å²) in [5.74, 6) is -0.237. The Morgan fingerprint density at radius 2 is 1.57 bits per heavy atom. The van der Waals surface area contributed by atoms with Gasteiger partial charge >= 0.3 is 0 Å². The Bertz CT molecular complexity index is 2710. The third-order valence-electron chi connectivity index (χ3n) is 16.1. The number of phenols is 1. The minimum Gasteiger partial charge on any atom is -0.507 e. The monoisotopic (exact) mass is 1080 g/mol. The van der Waals surface area contributed by atoms with Crippen molar-refractivity contribution in [3.63, 3.8) is 0 Å². The molecule has 5 N–H and O–H groups in total. The summed E-state index contributed by atoms with van der Waals surface area (Å²) >= 11 is 1.57. The zero-order chi connectivity index (χ0) is 53.5. The number of likely N-dealkylation sites (tertiary alicyclic amines) is 1. The number of phenolic OH excluding ortho intramolecular Hbond substituents is 1. The van der Waals surface area contributed by atoms with Crippen molar-refractivity contribution in [1.29, 1.82) is 0 Å². The van der Waals surface area contributed by atoms with E-state index >= 15 is 0 Å². The number of nitrogens with two attached hydrogens (primary N) is 1. The minimum absolute atomic E-state index is 0.0598. The number of amides is 2. The Morgan fingerprint density at radius 1 is 0.870 bits per heavy atom. The predicted octanol–water partition coefficient (Wildman–Crippen LogP) is 5.05. The van der Waals surface area contributed by atoms with Crippen LogP contribution in [0.4, 0.5) is 11.5 Å². The number of carbonyl (C=O) groups excluding carboxylic acids is 2. The molecule has 4 aliphatic heterocycles. The second-order valence-corrected chi connectivity index (χ2v) is 22.6. The molecule has 3 aromatic heterocycles. The number of para-hydroxylation sites is 1. The first-order chi connectivity index (χ1) is 37.4. The molecule has 0 bridgehead atoms. The second kappa shape index (κ2) is 24.9. The van der Waals surface area contributed by atoms with Crippen molar-refractivity contribution in [1.82, 2.24) is 45.3 Å². The molecule has 414 valence electrons. The van der Waals surface area contributed by atoms with Crippen LogP contribution in [0.5, 0.6) is 11.6 Å². The van der Waals surface area contributed by atoms with Crippen molar-refractivity contribution in [3.8, 4) is 33.3 Å². The Balaban J connectivity index is 0.582. The number of nitrogens with zero attached hydrogens (tertiary/aromatic N) is 9. The molecule has 4 saturated heterocycles. The maximum atomic E-state index is 14.2. The number of hydrogen-bond acceptors (Lipinski definition) is 19. The van der Waals surface area contributed by atoms with Gasteiger partial charge in [0.05, 0.1) is 71.5 Å². The molecule has 1 spiro atoms. The van der Waals surface area contributed by atoms with E-state index in [2.05, 4.69) is 45.3 Å². The number of aliphatic hydroxyl groups is 1. The van der Waals surface area contributed by atoms with Gasteiger partial charge in [-0.3, -0.25) is 29.3 Å². The summed E-state index contributed by atoms with van der Waals surface area (Å²) in [4.78, 5) is 44.2. The summed E-state index contributed by atoms with van der Waals surface area (Å²) in [5.41, 5.74) is 12.0. The molecule has 5 aliphatic rings. The molecule has 7 heterocycles. The number of carbonyl (C=O) groups is 2. The van der Waals surface area contributed by atoms with Crippen molar-refractivity contribution >= 4 is 34.7 Å². The van der Waals surface area contributed by atoms with E-state index < -0.39 is 18.1 Å². The number of rotatable bonds is 21. The van der Waals surface area contributed by atoms with Gasteiger partial charge in [-0.15, -0.1) is 21.5 Å². The predicted molar refractivity (Wildman–Crippen MR) is 292 cm³/mol. The third kappa shape index (κ3) is 13.4. The van der Waals surface area contributed by atoms with E-state index in [-0.39, 0.29) is 60.3 Å². The molecule has 77 heavy (non-hydrogen) atoms. The van der Waals surface area contributed by atoms with Gasteiger partial charge in [-0.25, -0.2) is 0 Å². The summed E-state index contributed by atoms with van der Waals surface area (Å²) < 4.78 is 30.8. The van der Waals surface area contributed by atoms with Crippen LogP contribution in [-0.4, -0.2) is 197 Å². The number of aliphatic hydroxyl groups excluding tert-OH is 1. The highest BCUT2D eigenvalue weighted by atomic mass is 32.1. The highest BCUT2D eigenvalue weighted by molar-refractivity contribution is 7.13. The molecule has 2 amide bonds. The lowest BCUT2D eigenvalue weighted by atomic mass is 9.89. The summed E-state index contributed by atoms with van der Waals surface area (Å²) in [7, 11) is 0. The van der Waals surface area contributed by atoms with Crippen molar-refractivity contribution in [2.45, 2.75) is 94.8 Å². The van der Waals surface area contributed by atoms with Gasteiger partial charge in [-0.1, -0.05) is 50.2 Å². The number of anilines is 2. The number of hydrogen-bond donors (Lipinski definition) is 4. The van der Waals surface area contributed by atoms with Gasteiger partial charge in [-0.05, 0) is 73.0 Å². The van der Waals surface area contributed by atoms with Crippen LogP contribution in [0.2, 0.25) is 0 Å². The van der Waals surface area contributed by atoms with E-state index in [1.54, 1.807) is 35.0 Å². The molecule has 1 unspecified atom stereocenters. The van der Waals surface area contributed by atoms with E-state index in [0.717, 1.165) is 119 Å². The number of piperazine rings is 1. The normalized spacial score (nSPS) is 23.0. The van der Waals surface area contributed by atoms with Crippen LogP contribution in [0.1, 0.15) is 76.2 Å². The number of aromatic hydroxyl groups is 1.